The van der Waals surface area contributed by atoms with Crippen molar-refractivity contribution in [3.63, 3.8) is 0 Å². The number of carbonyl (C=O) groups is 4. The quantitative estimate of drug-likeness (QED) is 0.199. The number of likely N-dealkylation sites (N-methyl/N-ethyl adjacent to an activating group) is 2. The Kier molecular flexibility index (Phi) is 8.36. The zero-order valence-corrected chi connectivity index (χ0v) is 26.7. The molecule has 12 heteroatoms. The summed E-state index contributed by atoms with van der Waals surface area (Å²) >= 11 is 0. The number of ether oxygens (including phenoxy) is 2. The Hall–Kier alpha value is -3.22. The van der Waals surface area contributed by atoms with Crippen molar-refractivity contribution in [3.8, 4) is 11.5 Å². The predicted molar refractivity (Wildman–Crippen MR) is 165 cm³/mol. The lowest BCUT2D eigenvalue weighted by Gasteiger charge is -2.64. The summed E-state index contributed by atoms with van der Waals surface area (Å²) in [4.78, 5) is 52.2. The van der Waals surface area contributed by atoms with Gasteiger partial charge in [-0.25, -0.2) is 4.79 Å². The van der Waals surface area contributed by atoms with Gasteiger partial charge in [0.15, 0.2) is 23.4 Å². The third-order valence-electron chi connectivity index (χ3n) is 11.2. The maximum absolute atomic E-state index is 13.4. The molecule has 2 aliphatic heterocycles. The van der Waals surface area contributed by atoms with Gasteiger partial charge in [0.05, 0.1) is 25.6 Å². The van der Waals surface area contributed by atoms with E-state index in [2.05, 4.69) is 17.7 Å². The first kappa shape index (κ1) is 31.7. The standard InChI is InChI=1S/C33H47N5O7/c1-20(39)36-23(6-4-5-14-34)30(41)35-15-16-37(2)31(42)44-25-10-9-22-18-26-33(43)12-11-24(40)29-32(33,27(22)28(25)45-29)13-17-38(26,3)19-21-7-8-21/h9-10,21,23,26,29,43H,4-8,11-19,34H2,1-3H3,(H-,35,36,39,41)/p+1/t23-,26-,29-,32-,33+,38?/m0/s1. The summed E-state index contributed by atoms with van der Waals surface area (Å²) in [5.74, 6) is 0.714. The summed E-state index contributed by atoms with van der Waals surface area (Å²) < 4.78 is 13.1. The van der Waals surface area contributed by atoms with Gasteiger partial charge in [-0.3, -0.25) is 14.4 Å². The number of rotatable bonds is 12. The highest BCUT2D eigenvalue weighted by Crippen LogP contribution is 2.66. The number of ketones is 1. The average Bonchev–Trinajstić information content (AvgIpc) is 3.72. The van der Waals surface area contributed by atoms with Gasteiger partial charge in [0, 0.05) is 57.8 Å². The van der Waals surface area contributed by atoms with Crippen LogP contribution < -0.4 is 25.8 Å². The highest BCUT2D eigenvalue weighted by molar-refractivity contribution is 5.90. The van der Waals surface area contributed by atoms with Gasteiger partial charge in [-0.05, 0) is 56.7 Å². The molecule has 6 rings (SSSR count). The van der Waals surface area contributed by atoms with Gasteiger partial charge in [-0.1, -0.05) is 6.07 Å². The molecule has 45 heavy (non-hydrogen) atoms. The number of Topliss-reactive ketones (excluding diaryl/α,β-unsaturated/α-hetero) is 1. The van der Waals surface area contributed by atoms with E-state index in [9.17, 15) is 24.3 Å². The van der Waals surface area contributed by atoms with Gasteiger partial charge in [-0.15, -0.1) is 0 Å². The molecule has 0 radical (unpaired) electrons. The molecule has 3 amide bonds. The van der Waals surface area contributed by atoms with E-state index in [0.29, 0.717) is 50.3 Å². The van der Waals surface area contributed by atoms with Crippen molar-refractivity contribution in [2.24, 2.45) is 11.7 Å². The molecule has 1 aromatic carbocycles. The van der Waals surface area contributed by atoms with Crippen LogP contribution in [0.5, 0.6) is 11.5 Å². The topological polar surface area (TPSA) is 160 Å². The second-order valence-corrected chi connectivity index (χ2v) is 14.2. The summed E-state index contributed by atoms with van der Waals surface area (Å²) in [5.41, 5.74) is 5.54. The largest absolute Gasteiger partial charge is 0.477 e. The number of unbranched alkanes of at least 4 members (excludes halogenated alkanes) is 1. The van der Waals surface area contributed by atoms with E-state index in [1.165, 1.54) is 24.7 Å². The lowest BCUT2D eigenvalue weighted by Crippen LogP contribution is -2.80. The summed E-state index contributed by atoms with van der Waals surface area (Å²) in [6.45, 7) is 4.13. The number of hydrogen-bond donors (Lipinski definition) is 4. The molecule has 3 aliphatic carbocycles. The third kappa shape index (κ3) is 5.38. The zero-order chi connectivity index (χ0) is 32.1. The fourth-order valence-corrected chi connectivity index (χ4v) is 8.75. The Balaban J connectivity index is 1.16. The van der Waals surface area contributed by atoms with E-state index in [0.717, 1.165) is 35.1 Å². The average molecular weight is 627 g/mol. The van der Waals surface area contributed by atoms with E-state index in [4.69, 9.17) is 15.2 Å². The maximum atomic E-state index is 13.4. The molecule has 2 saturated carbocycles. The second-order valence-electron chi connectivity index (χ2n) is 14.2. The number of nitrogens with zero attached hydrogens (tertiary/aromatic N) is 2. The molecule has 1 spiro atoms. The molecule has 5 aliphatic rings. The summed E-state index contributed by atoms with van der Waals surface area (Å²) in [6, 6.07) is 3.02. The lowest BCUT2D eigenvalue weighted by atomic mass is 9.48. The summed E-state index contributed by atoms with van der Waals surface area (Å²) in [6.07, 6.45) is 5.01. The Bertz CT molecular complexity index is 1380. The van der Waals surface area contributed by atoms with E-state index in [1.54, 1.807) is 13.1 Å². The molecule has 0 aromatic heterocycles. The highest BCUT2D eigenvalue weighted by Gasteiger charge is 2.76. The van der Waals surface area contributed by atoms with Crippen LogP contribution in [0.1, 0.15) is 69.4 Å². The summed E-state index contributed by atoms with van der Waals surface area (Å²) in [5, 5.41) is 18.1. The number of piperidine rings is 1. The molecule has 3 fully saturated rings. The smallest absolute Gasteiger partial charge is 0.415 e. The normalized spacial score (nSPS) is 31.4. The van der Waals surface area contributed by atoms with Gasteiger partial charge < -0.3 is 40.3 Å². The van der Waals surface area contributed by atoms with Crippen LogP contribution in [0, 0.1) is 5.92 Å². The number of aliphatic hydroxyl groups is 1. The third-order valence-corrected chi connectivity index (χ3v) is 11.2. The van der Waals surface area contributed by atoms with Crippen LogP contribution >= 0.6 is 0 Å². The molecule has 1 unspecified atom stereocenters. The van der Waals surface area contributed by atoms with Gasteiger partial charge in [0.25, 0.3) is 0 Å². The Labute approximate surface area is 264 Å². The number of nitrogens with two attached hydrogens (primary N) is 1. The minimum atomic E-state index is -1.08. The molecule has 6 atom stereocenters. The van der Waals surface area contributed by atoms with Crippen molar-refractivity contribution in [2.75, 3.05) is 46.8 Å². The number of nitrogens with one attached hydrogen (secondary N) is 2. The predicted octanol–water partition coefficient (Wildman–Crippen LogP) is 1.14. The van der Waals surface area contributed by atoms with Crippen LogP contribution in [0.25, 0.3) is 0 Å². The van der Waals surface area contributed by atoms with E-state index in [1.807, 2.05) is 6.07 Å². The fraction of sp³-hybridized carbons (Fsp3) is 0.697. The monoisotopic (exact) mass is 626 g/mol. The zero-order valence-electron chi connectivity index (χ0n) is 26.7. The van der Waals surface area contributed by atoms with Crippen LogP contribution in [0.3, 0.4) is 0 Å². The summed E-state index contributed by atoms with van der Waals surface area (Å²) in [7, 11) is 3.85. The number of likely N-dealkylation sites (tertiary alicyclic amines) is 1. The molecule has 1 aromatic rings. The number of amides is 3. The van der Waals surface area contributed by atoms with Crippen molar-refractivity contribution in [1.29, 1.82) is 0 Å². The van der Waals surface area contributed by atoms with Gasteiger partial charge in [0.2, 0.25) is 11.8 Å². The van der Waals surface area contributed by atoms with Crippen molar-refractivity contribution in [2.45, 2.75) is 93.9 Å². The maximum Gasteiger partial charge on any atom is 0.415 e. The van der Waals surface area contributed by atoms with Gasteiger partial charge in [-0.2, -0.15) is 0 Å². The number of carbonyl (C=O) groups excluding carboxylic acids is 4. The SMILES string of the molecule is CC(=O)N[C@@H](CCCCN)C(=O)NCCN(C)C(=O)Oc1ccc2c3c1O[C@H]1C(=O)CC[C@@]4(O)[C@H](C2)[N+](C)(CC2CC2)CC[C@]314. The van der Waals surface area contributed by atoms with Gasteiger partial charge in [0.1, 0.15) is 17.7 Å². The molecular weight excluding hydrogens is 578 g/mol. The Morgan fingerprint density at radius 3 is 2.73 bits per heavy atom. The number of benzene rings is 1. The van der Waals surface area contributed by atoms with Crippen molar-refractivity contribution in [1.82, 2.24) is 15.5 Å². The van der Waals surface area contributed by atoms with Crippen LogP contribution in [0.2, 0.25) is 0 Å². The lowest BCUT2D eigenvalue weighted by molar-refractivity contribution is -0.950. The van der Waals surface area contributed by atoms with E-state index in [-0.39, 0.29) is 48.9 Å². The molecule has 1 saturated heterocycles. The molecule has 5 N–H and O–H groups in total. The molecule has 12 nitrogen and oxygen atoms in total. The van der Waals surface area contributed by atoms with Crippen LogP contribution in [-0.4, -0.2) is 109 Å². The molecular formula is C33H48N5O7+. The van der Waals surface area contributed by atoms with E-state index < -0.39 is 29.3 Å². The number of hydrogen-bond acceptors (Lipinski definition) is 8. The second kappa shape index (κ2) is 11.9. The molecule has 2 bridgehead atoms. The van der Waals surface area contributed by atoms with E-state index >= 15 is 0 Å². The van der Waals surface area contributed by atoms with Crippen molar-refractivity contribution >= 4 is 23.7 Å². The first-order valence-electron chi connectivity index (χ1n) is 16.5. The van der Waals surface area contributed by atoms with Crippen molar-refractivity contribution < 1.29 is 38.2 Å². The minimum absolute atomic E-state index is 0.00787. The molecule has 246 valence electrons. The fourth-order valence-electron chi connectivity index (χ4n) is 8.75. The first-order chi connectivity index (χ1) is 21.4. The van der Waals surface area contributed by atoms with Gasteiger partial charge >= 0.3 is 6.09 Å². The minimum Gasteiger partial charge on any atom is -0.477 e. The first-order valence-corrected chi connectivity index (χ1v) is 16.5. The molecule has 2 heterocycles. The van der Waals surface area contributed by atoms with Crippen LogP contribution in [-0.2, 0) is 26.2 Å². The van der Waals surface area contributed by atoms with Crippen LogP contribution in [0.15, 0.2) is 12.1 Å². The van der Waals surface area contributed by atoms with Crippen molar-refractivity contribution in [3.05, 3.63) is 23.3 Å². The highest BCUT2D eigenvalue weighted by atomic mass is 16.6. The Morgan fingerprint density at radius 2 is 2.02 bits per heavy atom. The number of quaternary nitrogens is 1. The van der Waals surface area contributed by atoms with Crippen LogP contribution in [0.4, 0.5) is 4.79 Å². The Morgan fingerprint density at radius 1 is 1.24 bits per heavy atom.